The summed E-state index contributed by atoms with van der Waals surface area (Å²) in [6.45, 7) is 2.11. The van der Waals surface area contributed by atoms with Crippen LogP contribution in [0.1, 0.15) is 46.4 Å². The molecular formula is C23H24N4O4S. The number of sulfonamides is 1. The maximum Gasteiger partial charge on any atom is 0.253 e. The third-order valence-corrected chi connectivity index (χ3v) is 7.92. The van der Waals surface area contributed by atoms with E-state index in [1.165, 1.54) is 16.4 Å². The molecule has 5 rings (SSSR count). The number of likely N-dealkylation sites (tertiary alicyclic amines) is 1. The topological polar surface area (TPSA) is 96.6 Å². The van der Waals surface area contributed by atoms with E-state index < -0.39 is 10.0 Å². The molecule has 32 heavy (non-hydrogen) atoms. The molecular weight excluding hydrogens is 428 g/mol. The fourth-order valence-corrected chi connectivity index (χ4v) is 5.63. The van der Waals surface area contributed by atoms with Crippen molar-refractivity contribution in [2.45, 2.75) is 30.1 Å². The molecule has 2 aromatic carbocycles. The Hall–Kier alpha value is -3.04. The zero-order valence-corrected chi connectivity index (χ0v) is 18.4. The minimum atomic E-state index is -3.48. The van der Waals surface area contributed by atoms with Crippen LogP contribution in [0.25, 0.3) is 0 Å². The van der Waals surface area contributed by atoms with Crippen molar-refractivity contribution in [2.75, 3.05) is 26.2 Å². The molecule has 0 saturated carbocycles. The number of amides is 1. The highest BCUT2D eigenvalue weighted by atomic mass is 32.2. The van der Waals surface area contributed by atoms with E-state index in [4.69, 9.17) is 4.52 Å². The molecule has 3 heterocycles. The molecule has 2 aliphatic heterocycles. The summed E-state index contributed by atoms with van der Waals surface area (Å²) >= 11 is 0. The van der Waals surface area contributed by atoms with Crippen molar-refractivity contribution in [3.63, 3.8) is 0 Å². The molecule has 0 spiro atoms. The number of benzene rings is 2. The van der Waals surface area contributed by atoms with E-state index in [2.05, 4.69) is 10.1 Å². The van der Waals surface area contributed by atoms with Gasteiger partial charge in [-0.3, -0.25) is 4.79 Å². The van der Waals surface area contributed by atoms with Crippen molar-refractivity contribution < 1.29 is 17.7 Å². The second kappa shape index (κ2) is 8.48. The maximum absolute atomic E-state index is 12.8. The highest BCUT2D eigenvalue weighted by Crippen LogP contribution is 2.28. The molecule has 0 atom stereocenters. The number of nitrogens with zero attached hydrogens (tertiary/aromatic N) is 4. The summed E-state index contributed by atoms with van der Waals surface area (Å²) in [5.74, 6) is 1.07. The minimum absolute atomic E-state index is 0.0193. The zero-order valence-electron chi connectivity index (χ0n) is 17.6. The Labute approximate surface area is 186 Å². The Balaban J connectivity index is 1.19. The third-order valence-electron chi connectivity index (χ3n) is 6.01. The molecule has 0 aliphatic carbocycles. The third kappa shape index (κ3) is 4.05. The molecule has 8 nitrogen and oxygen atoms in total. The van der Waals surface area contributed by atoms with Gasteiger partial charge in [0.1, 0.15) is 0 Å². The van der Waals surface area contributed by atoms with Crippen molar-refractivity contribution in [1.82, 2.24) is 19.3 Å². The molecule has 1 aromatic heterocycles. The van der Waals surface area contributed by atoms with Crippen LogP contribution in [0.5, 0.6) is 0 Å². The molecule has 2 saturated heterocycles. The van der Waals surface area contributed by atoms with Crippen LogP contribution in [0, 0.1) is 0 Å². The Morgan fingerprint density at radius 2 is 1.69 bits per heavy atom. The highest BCUT2D eigenvalue weighted by molar-refractivity contribution is 7.89. The quantitative estimate of drug-likeness (QED) is 0.571. The second-order valence-electron chi connectivity index (χ2n) is 8.25. The van der Waals surface area contributed by atoms with Crippen molar-refractivity contribution >= 4 is 15.9 Å². The zero-order chi connectivity index (χ0) is 22.1. The first-order chi connectivity index (χ1) is 15.5. The summed E-state index contributed by atoms with van der Waals surface area (Å²) in [6.07, 6.45) is 2.38. The molecule has 3 aromatic rings. The molecule has 166 valence electrons. The lowest BCUT2D eigenvalue weighted by atomic mass is 9.98. The highest BCUT2D eigenvalue weighted by Gasteiger charge is 2.36. The van der Waals surface area contributed by atoms with Gasteiger partial charge in [0.2, 0.25) is 15.9 Å². The van der Waals surface area contributed by atoms with Crippen LogP contribution in [-0.2, 0) is 16.4 Å². The fourth-order valence-electron chi connectivity index (χ4n) is 4.11. The van der Waals surface area contributed by atoms with Crippen molar-refractivity contribution in [1.29, 1.82) is 0 Å². The van der Waals surface area contributed by atoms with E-state index in [9.17, 15) is 13.2 Å². The van der Waals surface area contributed by atoms with Crippen LogP contribution < -0.4 is 0 Å². The van der Waals surface area contributed by atoms with Gasteiger partial charge in [-0.1, -0.05) is 35.5 Å². The molecule has 2 aliphatic rings. The van der Waals surface area contributed by atoms with Crippen LogP contribution in [0.3, 0.4) is 0 Å². The van der Waals surface area contributed by atoms with Crippen molar-refractivity contribution in [2.24, 2.45) is 0 Å². The van der Waals surface area contributed by atoms with E-state index >= 15 is 0 Å². The van der Waals surface area contributed by atoms with Crippen LogP contribution in [0.2, 0.25) is 0 Å². The average Bonchev–Trinajstić information content (AvgIpc) is 3.47. The van der Waals surface area contributed by atoms with Gasteiger partial charge >= 0.3 is 0 Å². The minimum Gasteiger partial charge on any atom is -0.339 e. The van der Waals surface area contributed by atoms with Crippen LogP contribution in [0.4, 0.5) is 0 Å². The SMILES string of the molecule is O=C(c1ccc(S(=O)(=O)N2CCCC2)cc1)N1CC(c2nc(Cc3ccccc3)no2)C1. The lowest BCUT2D eigenvalue weighted by Gasteiger charge is -2.37. The van der Waals surface area contributed by atoms with Gasteiger partial charge in [-0.25, -0.2) is 8.42 Å². The van der Waals surface area contributed by atoms with E-state index in [0.29, 0.717) is 49.9 Å². The maximum atomic E-state index is 12.8. The van der Waals surface area contributed by atoms with Crippen molar-refractivity contribution in [3.05, 3.63) is 77.4 Å². The Bertz CT molecular complexity index is 1200. The first-order valence-electron chi connectivity index (χ1n) is 10.8. The second-order valence-corrected chi connectivity index (χ2v) is 10.2. The Morgan fingerprint density at radius 3 is 2.38 bits per heavy atom. The number of carbonyl (C=O) groups is 1. The number of rotatable bonds is 6. The predicted molar refractivity (Wildman–Crippen MR) is 117 cm³/mol. The van der Waals surface area contributed by atoms with E-state index in [1.807, 2.05) is 30.3 Å². The van der Waals surface area contributed by atoms with Crippen LogP contribution >= 0.6 is 0 Å². The molecule has 0 bridgehead atoms. The van der Waals surface area contributed by atoms with Gasteiger partial charge in [0.25, 0.3) is 5.91 Å². The lowest BCUT2D eigenvalue weighted by molar-refractivity contribution is 0.0569. The van der Waals surface area contributed by atoms with E-state index in [1.54, 1.807) is 17.0 Å². The summed E-state index contributed by atoms with van der Waals surface area (Å²) < 4.78 is 32.2. The molecule has 0 unspecified atom stereocenters. The number of carbonyl (C=O) groups excluding carboxylic acids is 1. The van der Waals surface area contributed by atoms with Gasteiger partial charge < -0.3 is 9.42 Å². The van der Waals surface area contributed by atoms with E-state index in [-0.39, 0.29) is 16.7 Å². The largest absolute Gasteiger partial charge is 0.339 e. The summed E-state index contributed by atoms with van der Waals surface area (Å²) in [5.41, 5.74) is 1.58. The Kier molecular flexibility index (Phi) is 5.52. The summed E-state index contributed by atoms with van der Waals surface area (Å²) in [7, 11) is -3.48. The normalized spacial score (nSPS) is 17.4. The predicted octanol–water partition coefficient (Wildman–Crippen LogP) is 2.68. The fraction of sp³-hybridized carbons (Fsp3) is 0.348. The Morgan fingerprint density at radius 1 is 1.00 bits per heavy atom. The van der Waals surface area contributed by atoms with Gasteiger partial charge in [-0.2, -0.15) is 9.29 Å². The van der Waals surface area contributed by atoms with Crippen molar-refractivity contribution in [3.8, 4) is 0 Å². The molecule has 0 radical (unpaired) electrons. The summed E-state index contributed by atoms with van der Waals surface area (Å²) in [4.78, 5) is 19.2. The van der Waals surface area contributed by atoms with Gasteiger partial charge in [0.05, 0.1) is 10.8 Å². The number of hydrogen-bond acceptors (Lipinski definition) is 6. The van der Waals surface area contributed by atoms with Crippen LogP contribution in [-0.4, -0.2) is 59.8 Å². The summed E-state index contributed by atoms with van der Waals surface area (Å²) in [5, 5.41) is 4.06. The molecule has 2 fully saturated rings. The molecule has 0 N–H and O–H groups in total. The lowest BCUT2D eigenvalue weighted by Crippen LogP contribution is -2.48. The monoisotopic (exact) mass is 452 g/mol. The summed E-state index contributed by atoms with van der Waals surface area (Å²) in [6, 6.07) is 16.2. The van der Waals surface area contributed by atoms with E-state index in [0.717, 1.165) is 18.4 Å². The first kappa shape index (κ1) is 20.8. The van der Waals surface area contributed by atoms with Gasteiger partial charge in [0.15, 0.2) is 5.82 Å². The molecule has 9 heteroatoms. The average molecular weight is 453 g/mol. The number of hydrogen-bond donors (Lipinski definition) is 0. The standard InChI is InChI=1S/C23H24N4O4S/c28-23(18-8-10-20(11-9-18)32(29,30)27-12-4-5-13-27)26-15-19(16-26)22-24-21(25-31-22)14-17-6-2-1-3-7-17/h1-3,6-11,19H,4-5,12-16H2. The molecule has 1 amide bonds. The smallest absolute Gasteiger partial charge is 0.253 e. The van der Waals surface area contributed by atoms with Gasteiger partial charge in [-0.15, -0.1) is 0 Å². The van der Waals surface area contributed by atoms with Gasteiger partial charge in [0, 0.05) is 38.2 Å². The van der Waals surface area contributed by atoms with Crippen LogP contribution in [0.15, 0.2) is 64.0 Å². The first-order valence-corrected chi connectivity index (χ1v) is 12.2. The van der Waals surface area contributed by atoms with Gasteiger partial charge in [-0.05, 0) is 42.7 Å². The number of aromatic nitrogens is 2.